The molecule has 2 aliphatic heterocycles. The van der Waals surface area contributed by atoms with Crippen molar-refractivity contribution in [1.29, 1.82) is 0 Å². The van der Waals surface area contributed by atoms with Crippen molar-refractivity contribution >= 4 is 29.0 Å². The van der Waals surface area contributed by atoms with Crippen LogP contribution in [0.5, 0.6) is 5.75 Å². The number of ether oxygens (including phenoxy) is 1. The summed E-state index contributed by atoms with van der Waals surface area (Å²) in [7, 11) is 0. The first-order chi connectivity index (χ1) is 20.5. The third-order valence-corrected chi connectivity index (χ3v) is 7.88. The summed E-state index contributed by atoms with van der Waals surface area (Å²) in [5.74, 6) is 0.619. The zero-order chi connectivity index (χ0) is 30.5. The van der Waals surface area contributed by atoms with Gasteiger partial charge in [0.2, 0.25) is 5.91 Å². The van der Waals surface area contributed by atoms with Crippen LogP contribution in [-0.2, 0) is 11.0 Å². The molecule has 2 atom stereocenters. The number of nitrogens with zero attached hydrogens (tertiary/aromatic N) is 5. The molecule has 4 aromatic rings. The third kappa shape index (κ3) is 5.46. The number of imidazole rings is 1. The lowest BCUT2D eigenvalue weighted by molar-refractivity contribution is -0.137. The van der Waals surface area contributed by atoms with Gasteiger partial charge in [-0.25, -0.2) is 15.0 Å². The second kappa shape index (κ2) is 10.9. The summed E-state index contributed by atoms with van der Waals surface area (Å²) in [6, 6.07) is 6.61. The van der Waals surface area contributed by atoms with Gasteiger partial charge < -0.3 is 20.7 Å². The minimum atomic E-state index is -4.57. The van der Waals surface area contributed by atoms with E-state index in [1.165, 1.54) is 12.1 Å². The first kappa shape index (κ1) is 28.4. The lowest BCUT2D eigenvalue weighted by Gasteiger charge is -2.34. The first-order valence-corrected chi connectivity index (χ1v) is 14.1. The monoisotopic (exact) mass is 593 g/mol. The minimum Gasteiger partial charge on any atom is -0.490 e. The Morgan fingerprint density at radius 3 is 2.70 bits per heavy atom. The van der Waals surface area contributed by atoms with Crippen LogP contribution in [0, 0.1) is 0 Å². The molecule has 0 unspecified atom stereocenters. The van der Waals surface area contributed by atoms with E-state index in [1.807, 2.05) is 23.1 Å². The Morgan fingerprint density at radius 2 is 1.93 bits per heavy atom. The SMILES string of the molecule is CC(C)Oc1cc(C(=O)Nc2cc(C(F)(F)F)ccn2)ccc1-c1nc([C@@H]2CC[C@H]3CCC(=O)N3C2)n2ccnc(N)c12. The number of fused-ring (bicyclic) bond motifs is 2. The second-order valence-electron chi connectivity index (χ2n) is 11.1. The molecular formula is C30H30F3N7O3. The molecule has 43 heavy (non-hydrogen) atoms. The molecule has 6 rings (SSSR count). The van der Waals surface area contributed by atoms with Crippen molar-refractivity contribution < 1.29 is 27.5 Å². The van der Waals surface area contributed by atoms with Crippen LogP contribution in [0.25, 0.3) is 16.8 Å². The molecule has 3 N–H and O–H groups in total. The topological polar surface area (TPSA) is 128 Å². The predicted octanol–water partition coefficient (Wildman–Crippen LogP) is 5.30. The summed E-state index contributed by atoms with van der Waals surface area (Å²) in [5, 5.41) is 2.43. The molecule has 13 heteroatoms. The molecule has 1 aromatic carbocycles. The van der Waals surface area contributed by atoms with Crippen molar-refractivity contribution in [3.05, 3.63) is 65.9 Å². The molecule has 0 bridgehead atoms. The molecule has 2 amide bonds. The Labute approximate surface area is 245 Å². The van der Waals surface area contributed by atoms with Crippen molar-refractivity contribution in [2.75, 3.05) is 17.6 Å². The van der Waals surface area contributed by atoms with Gasteiger partial charge in [-0.3, -0.25) is 14.0 Å². The highest BCUT2D eigenvalue weighted by Gasteiger charge is 2.38. The fraction of sp³-hybridized carbons (Fsp3) is 0.367. The number of piperidine rings is 1. The molecule has 0 spiro atoms. The molecule has 2 saturated heterocycles. The molecule has 224 valence electrons. The molecular weight excluding hydrogens is 563 g/mol. The average Bonchev–Trinajstić information content (AvgIpc) is 3.53. The Kier molecular flexibility index (Phi) is 7.18. The molecule has 3 aromatic heterocycles. The smallest absolute Gasteiger partial charge is 0.416 e. The summed E-state index contributed by atoms with van der Waals surface area (Å²) in [6.07, 6.45) is 2.75. The van der Waals surface area contributed by atoms with Crippen LogP contribution < -0.4 is 15.8 Å². The van der Waals surface area contributed by atoms with Gasteiger partial charge in [-0.2, -0.15) is 13.2 Å². The standard InChI is InChI=1S/C30H30F3N7O3/c1-16(2)43-22-13-17(29(42)37-23-14-19(9-10-35-23)30(31,32)33)4-7-21(22)25-26-27(34)36-11-12-39(26)28(38-25)18-3-5-20-6-8-24(41)40(20)15-18/h4,7,9-14,16,18,20H,3,5-6,8,15H2,1-2H3,(H2,34,36)(H,35,37,42)/t18-,20+/m1/s1. The zero-order valence-corrected chi connectivity index (χ0v) is 23.6. The van der Waals surface area contributed by atoms with E-state index in [1.54, 1.807) is 18.5 Å². The Bertz CT molecular complexity index is 1720. The van der Waals surface area contributed by atoms with Gasteiger partial charge in [-0.1, -0.05) is 0 Å². The largest absolute Gasteiger partial charge is 0.490 e. The fourth-order valence-corrected chi connectivity index (χ4v) is 5.91. The highest BCUT2D eigenvalue weighted by molar-refractivity contribution is 6.04. The summed E-state index contributed by atoms with van der Waals surface area (Å²) in [5.41, 5.74) is 7.26. The number of carbonyl (C=O) groups is 2. The lowest BCUT2D eigenvalue weighted by Crippen LogP contribution is -2.41. The number of benzene rings is 1. The van der Waals surface area contributed by atoms with E-state index in [0.29, 0.717) is 35.5 Å². The molecule has 0 saturated carbocycles. The number of nitrogens with two attached hydrogens (primary N) is 1. The van der Waals surface area contributed by atoms with E-state index in [4.69, 9.17) is 15.5 Å². The van der Waals surface area contributed by atoms with Crippen molar-refractivity contribution in [2.45, 2.75) is 63.8 Å². The van der Waals surface area contributed by atoms with Crippen LogP contribution in [0.4, 0.5) is 24.8 Å². The Morgan fingerprint density at radius 1 is 1.12 bits per heavy atom. The number of amides is 2. The van der Waals surface area contributed by atoms with Crippen LogP contribution in [-0.4, -0.2) is 54.8 Å². The van der Waals surface area contributed by atoms with Crippen LogP contribution in [0.2, 0.25) is 0 Å². The number of hydrogen-bond acceptors (Lipinski definition) is 7. The van der Waals surface area contributed by atoms with E-state index in [-0.39, 0.29) is 41.2 Å². The van der Waals surface area contributed by atoms with E-state index in [2.05, 4.69) is 15.3 Å². The van der Waals surface area contributed by atoms with Crippen molar-refractivity contribution in [2.24, 2.45) is 0 Å². The quantitative estimate of drug-likeness (QED) is 0.311. The maximum Gasteiger partial charge on any atom is 0.416 e. The van der Waals surface area contributed by atoms with Crippen LogP contribution in [0.15, 0.2) is 48.9 Å². The number of nitrogen functional groups attached to an aromatic ring is 1. The third-order valence-electron chi connectivity index (χ3n) is 7.88. The van der Waals surface area contributed by atoms with Crippen molar-refractivity contribution in [3.8, 4) is 17.0 Å². The van der Waals surface area contributed by atoms with Gasteiger partial charge in [0.15, 0.2) is 0 Å². The summed E-state index contributed by atoms with van der Waals surface area (Å²) in [6.45, 7) is 4.24. The van der Waals surface area contributed by atoms with Gasteiger partial charge in [0.05, 0.1) is 11.7 Å². The number of anilines is 2. The van der Waals surface area contributed by atoms with Gasteiger partial charge in [-0.15, -0.1) is 0 Å². The van der Waals surface area contributed by atoms with Crippen molar-refractivity contribution in [3.63, 3.8) is 0 Å². The highest BCUT2D eigenvalue weighted by Crippen LogP contribution is 2.40. The lowest BCUT2D eigenvalue weighted by atomic mass is 9.92. The van der Waals surface area contributed by atoms with Gasteiger partial charge >= 0.3 is 6.18 Å². The maximum atomic E-state index is 13.1. The van der Waals surface area contributed by atoms with Gasteiger partial charge in [0.25, 0.3) is 5.91 Å². The zero-order valence-electron chi connectivity index (χ0n) is 23.6. The molecule has 2 fully saturated rings. The van der Waals surface area contributed by atoms with E-state index in [0.717, 1.165) is 43.4 Å². The van der Waals surface area contributed by atoms with Gasteiger partial charge in [-0.05, 0) is 63.4 Å². The number of hydrogen-bond donors (Lipinski definition) is 2. The fourth-order valence-electron chi connectivity index (χ4n) is 5.91. The van der Waals surface area contributed by atoms with Crippen molar-refractivity contribution in [1.82, 2.24) is 24.3 Å². The predicted molar refractivity (Wildman–Crippen MR) is 153 cm³/mol. The maximum absolute atomic E-state index is 13.1. The van der Waals surface area contributed by atoms with Gasteiger partial charge in [0.1, 0.15) is 34.4 Å². The van der Waals surface area contributed by atoms with E-state index < -0.39 is 17.6 Å². The number of alkyl halides is 3. The molecule has 0 radical (unpaired) electrons. The van der Waals surface area contributed by atoms with E-state index >= 15 is 0 Å². The number of aromatic nitrogens is 4. The summed E-state index contributed by atoms with van der Waals surface area (Å²) >= 11 is 0. The summed E-state index contributed by atoms with van der Waals surface area (Å²) in [4.78, 5) is 40.7. The van der Waals surface area contributed by atoms with Gasteiger partial charge in [0, 0.05) is 54.6 Å². The highest BCUT2D eigenvalue weighted by atomic mass is 19.4. The second-order valence-corrected chi connectivity index (χ2v) is 11.1. The molecule has 10 nitrogen and oxygen atoms in total. The van der Waals surface area contributed by atoms with E-state index in [9.17, 15) is 22.8 Å². The van der Waals surface area contributed by atoms with Crippen LogP contribution >= 0.6 is 0 Å². The normalized spacial score (nSPS) is 18.7. The number of halogens is 3. The van der Waals surface area contributed by atoms with Crippen LogP contribution in [0.1, 0.15) is 67.2 Å². The summed E-state index contributed by atoms with van der Waals surface area (Å²) < 4.78 is 47.5. The molecule has 0 aliphatic carbocycles. The average molecular weight is 594 g/mol. The first-order valence-electron chi connectivity index (χ1n) is 14.1. The Balaban J connectivity index is 1.38. The number of pyridine rings is 1. The number of carbonyl (C=O) groups excluding carboxylic acids is 2. The molecule has 2 aliphatic rings. The number of nitrogens with one attached hydrogen (secondary N) is 1. The Hall–Kier alpha value is -4.68. The van der Waals surface area contributed by atoms with Crippen LogP contribution in [0.3, 0.4) is 0 Å². The molecule has 5 heterocycles. The number of rotatable bonds is 6. The minimum absolute atomic E-state index is 0.0131.